The second-order valence-electron chi connectivity index (χ2n) is 6.65. The Morgan fingerprint density at radius 3 is 2.79 bits per heavy atom. The lowest BCUT2D eigenvalue weighted by molar-refractivity contribution is 0.102. The molecule has 0 unspecified atom stereocenters. The molecule has 2 aromatic carbocycles. The molecule has 24 heavy (non-hydrogen) atoms. The molecule has 0 aliphatic heterocycles. The Morgan fingerprint density at radius 2 is 2.00 bits per heavy atom. The number of anilines is 1. The summed E-state index contributed by atoms with van der Waals surface area (Å²) in [6, 6.07) is 11.6. The Balaban J connectivity index is 1.65. The number of nitrogens with one attached hydrogen (secondary N) is 2. The minimum absolute atomic E-state index is 0.178. The van der Waals surface area contributed by atoms with Crippen LogP contribution in [0.2, 0.25) is 0 Å². The van der Waals surface area contributed by atoms with Crippen LogP contribution in [-0.4, -0.2) is 10.9 Å². The van der Waals surface area contributed by atoms with Gasteiger partial charge in [-0.3, -0.25) is 4.79 Å². The second kappa shape index (κ2) is 5.78. The van der Waals surface area contributed by atoms with Gasteiger partial charge in [0.1, 0.15) is 5.82 Å². The third-order valence-electron chi connectivity index (χ3n) is 4.80. The maximum absolute atomic E-state index is 13.0. The third kappa shape index (κ3) is 2.68. The van der Waals surface area contributed by atoms with Crippen LogP contribution in [0.4, 0.5) is 10.1 Å². The molecule has 0 spiro atoms. The van der Waals surface area contributed by atoms with Gasteiger partial charge in [-0.1, -0.05) is 6.92 Å². The summed E-state index contributed by atoms with van der Waals surface area (Å²) in [5.41, 5.74) is 4.95. The van der Waals surface area contributed by atoms with Gasteiger partial charge >= 0.3 is 0 Å². The van der Waals surface area contributed by atoms with E-state index in [0.29, 0.717) is 17.2 Å². The Hall–Kier alpha value is -2.62. The van der Waals surface area contributed by atoms with E-state index in [4.69, 9.17) is 0 Å². The number of aromatic nitrogens is 1. The van der Waals surface area contributed by atoms with E-state index in [2.05, 4.69) is 17.2 Å². The first-order valence-corrected chi connectivity index (χ1v) is 8.30. The Labute approximate surface area is 139 Å². The maximum atomic E-state index is 13.0. The lowest BCUT2D eigenvalue weighted by Crippen LogP contribution is -2.12. The summed E-state index contributed by atoms with van der Waals surface area (Å²) in [5, 5.41) is 3.96. The number of H-pyrrole nitrogens is 1. The molecule has 4 heteroatoms. The van der Waals surface area contributed by atoms with Crippen LogP contribution in [0.1, 0.15) is 35.0 Å². The van der Waals surface area contributed by atoms with Crippen molar-refractivity contribution in [2.24, 2.45) is 5.92 Å². The SMILES string of the molecule is C[C@@H]1CCc2[nH]c3ccc(C(=O)Nc4ccc(F)cc4)cc3c2C1. The van der Waals surface area contributed by atoms with E-state index in [1.807, 2.05) is 18.2 Å². The quantitative estimate of drug-likeness (QED) is 0.706. The number of rotatable bonds is 2. The number of hydrogen-bond acceptors (Lipinski definition) is 1. The predicted octanol–water partition coefficient (Wildman–Crippen LogP) is 4.68. The number of benzene rings is 2. The molecule has 1 aromatic heterocycles. The first-order valence-electron chi connectivity index (χ1n) is 8.30. The lowest BCUT2D eigenvalue weighted by Gasteiger charge is -2.18. The van der Waals surface area contributed by atoms with Gasteiger partial charge in [-0.2, -0.15) is 0 Å². The topological polar surface area (TPSA) is 44.9 Å². The Morgan fingerprint density at radius 1 is 1.21 bits per heavy atom. The van der Waals surface area contributed by atoms with Crippen molar-refractivity contribution >= 4 is 22.5 Å². The molecular weight excluding hydrogens is 303 g/mol. The molecule has 0 radical (unpaired) electrons. The molecule has 1 atom stereocenters. The lowest BCUT2D eigenvalue weighted by atomic mass is 9.87. The van der Waals surface area contributed by atoms with Gasteiger partial charge in [0.2, 0.25) is 0 Å². The average molecular weight is 322 g/mol. The van der Waals surface area contributed by atoms with Gasteiger partial charge in [0.15, 0.2) is 0 Å². The smallest absolute Gasteiger partial charge is 0.255 e. The summed E-state index contributed by atoms with van der Waals surface area (Å²) in [4.78, 5) is 16.0. The van der Waals surface area contributed by atoms with Gasteiger partial charge in [-0.25, -0.2) is 4.39 Å². The highest BCUT2D eigenvalue weighted by Crippen LogP contribution is 2.32. The summed E-state index contributed by atoms with van der Waals surface area (Å²) < 4.78 is 13.0. The molecule has 3 nitrogen and oxygen atoms in total. The van der Waals surface area contributed by atoms with E-state index < -0.39 is 0 Å². The van der Waals surface area contributed by atoms with Crippen molar-refractivity contribution in [3.8, 4) is 0 Å². The van der Waals surface area contributed by atoms with Crippen molar-refractivity contribution in [3.05, 3.63) is 65.1 Å². The van der Waals surface area contributed by atoms with Crippen molar-refractivity contribution < 1.29 is 9.18 Å². The Bertz CT molecular complexity index is 911. The highest BCUT2D eigenvalue weighted by molar-refractivity contribution is 6.06. The zero-order chi connectivity index (χ0) is 16.7. The van der Waals surface area contributed by atoms with Gasteiger partial charge in [-0.05, 0) is 73.2 Å². The molecule has 4 rings (SSSR count). The van der Waals surface area contributed by atoms with Crippen LogP contribution in [0.3, 0.4) is 0 Å². The second-order valence-corrected chi connectivity index (χ2v) is 6.65. The van der Waals surface area contributed by atoms with E-state index in [0.717, 1.165) is 23.7 Å². The van der Waals surface area contributed by atoms with Gasteiger partial charge in [-0.15, -0.1) is 0 Å². The number of carbonyl (C=O) groups is 1. The molecule has 122 valence electrons. The number of aromatic amines is 1. The van der Waals surface area contributed by atoms with Crippen LogP contribution in [0.25, 0.3) is 10.9 Å². The van der Waals surface area contributed by atoms with Crippen molar-refractivity contribution in [2.75, 3.05) is 5.32 Å². The van der Waals surface area contributed by atoms with E-state index in [1.54, 1.807) is 12.1 Å². The summed E-state index contributed by atoms with van der Waals surface area (Å²) in [6.07, 6.45) is 3.33. The van der Waals surface area contributed by atoms with E-state index in [1.165, 1.54) is 29.8 Å². The first-order chi connectivity index (χ1) is 11.6. The number of hydrogen-bond donors (Lipinski definition) is 2. The Kier molecular flexibility index (Phi) is 3.60. The third-order valence-corrected chi connectivity index (χ3v) is 4.80. The molecule has 2 N–H and O–H groups in total. The van der Waals surface area contributed by atoms with Crippen molar-refractivity contribution in [3.63, 3.8) is 0 Å². The molecule has 0 bridgehead atoms. The highest BCUT2D eigenvalue weighted by Gasteiger charge is 2.20. The van der Waals surface area contributed by atoms with Crippen LogP contribution in [0.5, 0.6) is 0 Å². The summed E-state index contributed by atoms with van der Waals surface area (Å²) >= 11 is 0. The number of fused-ring (bicyclic) bond motifs is 3. The van der Waals surface area contributed by atoms with Crippen molar-refractivity contribution in [1.29, 1.82) is 0 Å². The normalized spacial score (nSPS) is 16.8. The fourth-order valence-electron chi connectivity index (χ4n) is 3.47. The number of carbonyl (C=O) groups excluding carboxylic acids is 1. The minimum atomic E-state index is -0.317. The molecule has 1 amide bonds. The molecule has 3 aromatic rings. The van der Waals surface area contributed by atoms with Gasteiger partial charge in [0.25, 0.3) is 5.91 Å². The minimum Gasteiger partial charge on any atom is -0.358 e. The molecule has 0 saturated carbocycles. The summed E-state index contributed by atoms with van der Waals surface area (Å²) in [6.45, 7) is 2.27. The van der Waals surface area contributed by atoms with E-state index >= 15 is 0 Å². The zero-order valence-corrected chi connectivity index (χ0v) is 13.5. The van der Waals surface area contributed by atoms with E-state index in [-0.39, 0.29) is 11.7 Å². The predicted molar refractivity (Wildman–Crippen MR) is 93.8 cm³/mol. The number of amides is 1. The summed E-state index contributed by atoms with van der Waals surface area (Å²) in [5.74, 6) is 0.179. The van der Waals surface area contributed by atoms with Crippen LogP contribution in [0, 0.1) is 11.7 Å². The molecule has 0 saturated heterocycles. The van der Waals surface area contributed by atoms with Crippen molar-refractivity contribution in [2.45, 2.75) is 26.2 Å². The number of halogens is 1. The average Bonchev–Trinajstić information content (AvgIpc) is 2.94. The molecule has 1 aliphatic rings. The first kappa shape index (κ1) is 14.9. The largest absolute Gasteiger partial charge is 0.358 e. The summed E-state index contributed by atoms with van der Waals surface area (Å²) in [7, 11) is 0. The fourth-order valence-corrected chi connectivity index (χ4v) is 3.47. The van der Waals surface area contributed by atoms with Gasteiger partial charge in [0, 0.05) is 27.8 Å². The van der Waals surface area contributed by atoms with Gasteiger partial charge in [0.05, 0.1) is 0 Å². The molecular formula is C20H19FN2O. The highest BCUT2D eigenvalue weighted by atomic mass is 19.1. The van der Waals surface area contributed by atoms with Crippen LogP contribution < -0.4 is 5.32 Å². The van der Waals surface area contributed by atoms with Crippen LogP contribution in [-0.2, 0) is 12.8 Å². The maximum Gasteiger partial charge on any atom is 0.255 e. The molecule has 1 heterocycles. The molecule has 1 aliphatic carbocycles. The number of aryl methyl sites for hydroxylation is 1. The monoisotopic (exact) mass is 322 g/mol. The fraction of sp³-hybridized carbons (Fsp3) is 0.250. The van der Waals surface area contributed by atoms with Gasteiger partial charge < -0.3 is 10.3 Å². The van der Waals surface area contributed by atoms with Crippen LogP contribution >= 0.6 is 0 Å². The molecule has 0 fully saturated rings. The van der Waals surface area contributed by atoms with Crippen molar-refractivity contribution in [1.82, 2.24) is 4.98 Å². The van der Waals surface area contributed by atoms with E-state index in [9.17, 15) is 9.18 Å². The zero-order valence-electron chi connectivity index (χ0n) is 13.5. The van der Waals surface area contributed by atoms with Crippen LogP contribution in [0.15, 0.2) is 42.5 Å². The standard InChI is InChI=1S/C20H19FN2O/c1-12-2-8-18-16(10-12)17-11-13(3-9-19(17)23-18)20(24)22-15-6-4-14(21)5-7-15/h3-7,9,11-12,23H,2,8,10H2,1H3,(H,22,24)/t12-/m1/s1.